The molecule has 0 aromatic rings. The van der Waals surface area contributed by atoms with Gasteiger partial charge in [-0.15, -0.1) is 0 Å². The second-order valence-corrected chi connectivity index (χ2v) is 23.9. The molecular weight excluding hydrogens is 1300 g/mol. The summed E-state index contributed by atoms with van der Waals surface area (Å²) in [6, 6.07) is 0. The molecule has 0 aromatic heterocycles. The van der Waals surface area contributed by atoms with Gasteiger partial charge in [0.15, 0.2) is 50.3 Å². The maximum atomic E-state index is 11.7. The van der Waals surface area contributed by atoms with E-state index in [9.17, 15) is 132 Å². The zero-order chi connectivity index (χ0) is 68.8. The molecule has 25 N–H and O–H groups in total. The number of aliphatic hydroxyl groups excluding tert-OH is 24. The molecule has 9 saturated heterocycles. The third-order valence-corrected chi connectivity index (χ3v) is 17.7. The van der Waals surface area contributed by atoms with Crippen LogP contribution in [-0.2, 0) is 85.3 Å². The lowest BCUT2D eigenvalue weighted by atomic mass is 9.95. The van der Waals surface area contributed by atoms with Crippen LogP contribution in [-0.4, -0.2) is 438 Å². The predicted molar refractivity (Wildman–Crippen MR) is 278 cm³/mol. The van der Waals surface area contributed by atoms with Gasteiger partial charge >= 0.3 is 5.97 Å². The van der Waals surface area contributed by atoms with E-state index in [0.29, 0.717) is 0 Å². The van der Waals surface area contributed by atoms with Crippen LogP contribution in [0.25, 0.3) is 0 Å². The Morgan fingerprint density at radius 3 is 1.11 bits per heavy atom. The molecule has 43 nitrogen and oxygen atoms in total. The van der Waals surface area contributed by atoms with E-state index in [-0.39, 0.29) is 0 Å². The van der Waals surface area contributed by atoms with Gasteiger partial charge in [0.1, 0.15) is 195 Å². The summed E-state index contributed by atoms with van der Waals surface area (Å²) >= 11 is 0. The van der Waals surface area contributed by atoms with Crippen LogP contribution in [0.3, 0.4) is 0 Å². The predicted octanol–water partition coefficient (Wildman–Crippen LogP) is -17.6. The number of aliphatic hydroxyl groups is 24. The summed E-state index contributed by atoms with van der Waals surface area (Å²) < 4.78 is 94.4. The Morgan fingerprint density at radius 1 is 0.340 bits per heavy atom. The van der Waals surface area contributed by atoms with Crippen LogP contribution < -0.4 is 0 Å². The average Bonchev–Trinajstić information content (AvgIpc) is 0.777. The summed E-state index contributed by atoms with van der Waals surface area (Å²) in [5, 5.41) is 269. The van der Waals surface area contributed by atoms with Gasteiger partial charge in [-0.3, -0.25) is 0 Å². The van der Waals surface area contributed by atoms with Crippen LogP contribution in [0.5, 0.6) is 0 Å². The monoisotopic (exact) mass is 1380 g/mol. The van der Waals surface area contributed by atoms with Gasteiger partial charge < -0.3 is 208 Å². The fourth-order valence-electron chi connectivity index (χ4n) is 12.0. The maximum absolute atomic E-state index is 11.7. The first-order chi connectivity index (χ1) is 44.4. The van der Waals surface area contributed by atoms with E-state index in [2.05, 4.69) is 0 Å². The van der Waals surface area contributed by atoms with Gasteiger partial charge in [0.2, 0.25) is 0 Å². The molecule has 0 spiro atoms. The normalized spacial score (nSPS) is 53.6. The number of rotatable bonds is 22. The Balaban J connectivity index is 0.793. The van der Waals surface area contributed by atoms with Crippen LogP contribution in [0, 0.1) is 0 Å². The molecule has 9 rings (SSSR count). The Labute approximate surface area is 529 Å². The minimum atomic E-state index is -2.25. The Bertz CT molecular complexity index is 2370. The molecule has 9 heterocycles. The van der Waals surface area contributed by atoms with Crippen molar-refractivity contribution in [3.63, 3.8) is 0 Å². The van der Waals surface area contributed by atoms with Gasteiger partial charge in [-0.05, 0) is 0 Å². The van der Waals surface area contributed by atoms with E-state index >= 15 is 0 Å². The quantitative estimate of drug-likeness (QED) is 0.0479. The van der Waals surface area contributed by atoms with Crippen molar-refractivity contribution in [2.75, 3.05) is 52.9 Å². The molecule has 9 aliphatic rings. The summed E-state index contributed by atoms with van der Waals surface area (Å²) in [5.74, 6) is -3.81. The number of hydrogen-bond acceptors (Lipinski definition) is 42. The molecule has 41 atom stereocenters. The van der Waals surface area contributed by atoms with Crippen LogP contribution in [0.4, 0.5) is 0 Å². The highest BCUT2D eigenvalue weighted by Crippen LogP contribution is 2.39. The lowest BCUT2D eigenvalue weighted by Crippen LogP contribution is -2.69. The number of hydrogen-bond donors (Lipinski definition) is 25. The first-order valence-electron chi connectivity index (χ1n) is 29.7. The molecule has 94 heavy (non-hydrogen) atoms. The van der Waals surface area contributed by atoms with Gasteiger partial charge in [0.05, 0.1) is 52.9 Å². The first-order valence-corrected chi connectivity index (χ1v) is 29.7. The third-order valence-electron chi connectivity index (χ3n) is 17.7. The Hall–Kier alpha value is -2.17. The van der Waals surface area contributed by atoms with Crippen LogP contribution in [0.1, 0.15) is 6.92 Å². The summed E-state index contributed by atoms with van der Waals surface area (Å²) in [4.78, 5) is 11.7. The SMILES string of the molecule is CC1(C(=O)O)OC[C@H]2O[C@@H](O[C@@H]3[C@@H](O)[C@H](O[C@@H]4[C@@H](O)[C@H](OC[C@H]5O[C@@H](OC[C@H]6O[C@@H](O[C@H]7[C@H](O)[C@@H](O)[C@H](O[C@H]8[C@H](O)[C@@H](O)[C@H](O[C@@H]9[C@@H](O)[C@H](O)O[C@H](CO)[C@@H]9O)O[C@@H]8CO)O[C@@H]7CO)[C@H](O)[C@@H](O)[C@@H]6O)[C@H](O)[C@@H](O)[C@@H]5O)O[C@H](CO)[C@H]4O)O[C@H](CO)[C@H]3O)[C@H](O)[C@@H](O)[C@@H]2O1. The minimum Gasteiger partial charge on any atom is -0.477 e. The molecule has 0 radical (unpaired) electrons. The van der Waals surface area contributed by atoms with Crippen LogP contribution >= 0.6 is 0 Å². The summed E-state index contributed by atoms with van der Waals surface area (Å²) in [6.07, 6.45) is -78.1. The van der Waals surface area contributed by atoms with Gasteiger partial charge in [0, 0.05) is 6.92 Å². The van der Waals surface area contributed by atoms with E-state index in [1.54, 1.807) is 0 Å². The molecule has 9 aliphatic heterocycles. The molecule has 0 amide bonds. The second-order valence-electron chi connectivity index (χ2n) is 23.9. The van der Waals surface area contributed by atoms with Crippen molar-refractivity contribution in [2.45, 2.75) is 258 Å². The summed E-state index contributed by atoms with van der Waals surface area (Å²) in [5.41, 5.74) is 0. The number of ether oxygens (including phenoxy) is 17. The highest BCUT2D eigenvalue weighted by Gasteiger charge is 2.60. The first kappa shape index (κ1) is 76.0. The highest BCUT2D eigenvalue weighted by atomic mass is 16.8. The van der Waals surface area contributed by atoms with E-state index in [0.717, 1.165) is 6.92 Å². The van der Waals surface area contributed by atoms with Crippen molar-refractivity contribution < 1.29 is 213 Å². The Morgan fingerprint density at radius 2 is 0.660 bits per heavy atom. The van der Waals surface area contributed by atoms with Crippen molar-refractivity contribution in [2.24, 2.45) is 0 Å². The fraction of sp³-hybridized carbons (Fsp3) is 0.980. The van der Waals surface area contributed by atoms with Crippen molar-refractivity contribution in [1.29, 1.82) is 0 Å². The number of carbonyl (C=O) groups is 1. The fourth-order valence-corrected chi connectivity index (χ4v) is 12.0. The lowest BCUT2D eigenvalue weighted by molar-refractivity contribution is -0.402. The van der Waals surface area contributed by atoms with Crippen LogP contribution in [0.15, 0.2) is 0 Å². The zero-order valence-electron chi connectivity index (χ0n) is 49.3. The highest BCUT2D eigenvalue weighted by molar-refractivity contribution is 5.75. The van der Waals surface area contributed by atoms with Gasteiger partial charge in [-0.25, -0.2) is 4.79 Å². The van der Waals surface area contributed by atoms with Gasteiger partial charge in [0.25, 0.3) is 5.79 Å². The zero-order valence-corrected chi connectivity index (χ0v) is 49.3. The molecule has 0 saturated carbocycles. The number of carboxylic acid groups (broad SMARTS) is 1. The second kappa shape index (κ2) is 31.8. The Kier molecular flexibility index (Phi) is 25.7. The van der Waals surface area contributed by atoms with E-state index in [1.807, 2.05) is 0 Å². The topological polar surface area (TPSA) is 680 Å². The van der Waals surface area contributed by atoms with Crippen molar-refractivity contribution in [1.82, 2.24) is 0 Å². The number of carboxylic acids is 1. The number of aliphatic carboxylic acids is 1. The standard InChI is InChI=1S/C51H84O43/c1-51(50(76)77)80-9-17-38(94-51)27(66)32(71)48(88-17)92-41-22(61)12(4-54)83-49(35(41)74)93-40-21(60)11(3-53)82-44(34(40)73)79-7-15-18(57)23(62)28(67)43(86-15)78-8-16-19(58)24(63)29(68)45(87-16)89-36-13(5-55)84-46(30(69)25(36)64)90-37-14(6-56)85-47(31(70)26(37)65)91-39-20(59)10(2-52)81-42(75)33(39)72/h10-49,52-75H,2-9H2,1H3,(H,76,77)/t10-,11-,12-,13-,14-,15-,16-,17-,18-,19-,20+,21-,22-,23+,24+,25-,26-,27-,28-,29-,30-,31-,32-,33-,34-,35-,36-,37-,38-,39+,40+,41+,42-,43-,44-,45+,46+,47+,48+,49+,51?/m1/s1. The summed E-state index contributed by atoms with van der Waals surface area (Å²) in [6.45, 7) is -6.33. The molecule has 0 aliphatic carbocycles. The van der Waals surface area contributed by atoms with E-state index in [4.69, 9.17) is 80.5 Å². The number of fused-ring (bicyclic) bond motifs is 1. The smallest absolute Gasteiger partial charge is 0.364 e. The average molecular weight is 1390 g/mol. The van der Waals surface area contributed by atoms with Gasteiger partial charge in [-0.1, -0.05) is 0 Å². The molecule has 0 bridgehead atoms. The molecule has 9 fully saturated rings. The summed E-state index contributed by atoms with van der Waals surface area (Å²) in [7, 11) is 0. The molecule has 1 unspecified atom stereocenters. The maximum Gasteiger partial charge on any atom is 0.364 e. The molecule has 0 aromatic carbocycles. The molecule has 43 heteroatoms. The molecular formula is C51H84O43. The van der Waals surface area contributed by atoms with Gasteiger partial charge in [-0.2, -0.15) is 0 Å². The van der Waals surface area contributed by atoms with Crippen molar-refractivity contribution >= 4 is 5.97 Å². The van der Waals surface area contributed by atoms with Crippen LogP contribution in [0.2, 0.25) is 0 Å². The largest absolute Gasteiger partial charge is 0.477 e. The van der Waals surface area contributed by atoms with Crippen molar-refractivity contribution in [3.05, 3.63) is 0 Å². The van der Waals surface area contributed by atoms with E-state index < -0.39 is 310 Å². The molecule has 546 valence electrons. The third kappa shape index (κ3) is 15.4. The van der Waals surface area contributed by atoms with E-state index in [1.165, 1.54) is 0 Å². The van der Waals surface area contributed by atoms with Crippen molar-refractivity contribution in [3.8, 4) is 0 Å². The minimum absolute atomic E-state index is 0.518. The lowest BCUT2D eigenvalue weighted by Gasteiger charge is -2.50.